The Bertz CT molecular complexity index is 1010. The van der Waals surface area contributed by atoms with Crippen LogP contribution in [0.4, 0.5) is 0 Å². The van der Waals surface area contributed by atoms with Gasteiger partial charge in [-0.2, -0.15) is 0 Å². The molecule has 0 radical (unpaired) electrons. The summed E-state index contributed by atoms with van der Waals surface area (Å²) in [7, 11) is 0. The van der Waals surface area contributed by atoms with Crippen molar-refractivity contribution in [1.82, 2.24) is 20.1 Å². The number of hydrogen-bond acceptors (Lipinski definition) is 6. The fraction of sp³-hybridized carbons (Fsp3) is 0.400. The molecule has 1 aromatic heterocycles. The van der Waals surface area contributed by atoms with E-state index in [0.29, 0.717) is 30.1 Å². The number of nitrogens with one attached hydrogen (secondary N) is 1. The van der Waals surface area contributed by atoms with E-state index >= 15 is 0 Å². The largest absolute Gasteiger partial charge is 0.485 e. The van der Waals surface area contributed by atoms with Crippen LogP contribution in [-0.2, 0) is 16.1 Å². The third-order valence-corrected chi connectivity index (χ3v) is 5.83. The first-order chi connectivity index (χ1) is 16.0. The van der Waals surface area contributed by atoms with Gasteiger partial charge in [-0.15, -0.1) is 10.2 Å². The SMILES string of the molecule is Cc1ccccc1OCc1nnc(SCC(=O)NCCOCCC(C)C)n1-c1ccccc1. The molecule has 176 valence electrons. The third-order valence-electron chi connectivity index (χ3n) is 4.91. The Morgan fingerprint density at radius 1 is 1.06 bits per heavy atom. The third kappa shape index (κ3) is 7.91. The molecule has 0 saturated carbocycles. The van der Waals surface area contributed by atoms with Gasteiger partial charge in [0.15, 0.2) is 11.0 Å². The molecule has 7 nitrogen and oxygen atoms in total. The average Bonchev–Trinajstić information content (AvgIpc) is 3.22. The molecule has 1 amide bonds. The van der Waals surface area contributed by atoms with Crippen molar-refractivity contribution >= 4 is 17.7 Å². The molecule has 0 fully saturated rings. The van der Waals surface area contributed by atoms with Crippen molar-refractivity contribution in [1.29, 1.82) is 0 Å². The highest BCUT2D eigenvalue weighted by Gasteiger charge is 2.16. The molecule has 0 unspecified atom stereocenters. The second kappa shape index (κ2) is 13.0. The van der Waals surface area contributed by atoms with Crippen LogP contribution in [0.25, 0.3) is 5.69 Å². The molecule has 0 atom stereocenters. The van der Waals surface area contributed by atoms with Crippen molar-refractivity contribution in [2.24, 2.45) is 5.92 Å². The van der Waals surface area contributed by atoms with Crippen molar-refractivity contribution in [2.45, 2.75) is 39.0 Å². The fourth-order valence-electron chi connectivity index (χ4n) is 3.05. The number of para-hydroxylation sites is 2. The Kier molecular flexibility index (Phi) is 9.77. The van der Waals surface area contributed by atoms with Crippen molar-refractivity contribution in [3.63, 3.8) is 0 Å². The molecule has 0 spiro atoms. The fourth-order valence-corrected chi connectivity index (χ4v) is 3.85. The Balaban J connectivity index is 1.59. The lowest BCUT2D eigenvalue weighted by atomic mass is 10.1. The number of carbonyl (C=O) groups is 1. The summed E-state index contributed by atoms with van der Waals surface area (Å²) in [6.07, 6.45) is 1.02. The normalized spacial score (nSPS) is 11.0. The van der Waals surface area contributed by atoms with Gasteiger partial charge in [-0.25, -0.2) is 0 Å². The number of aryl methyl sites for hydroxylation is 1. The zero-order valence-electron chi connectivity index (χ0n) is 19.5. The summed E-state index contributed by atoms with van der Waals surface area (Å²) in [6, 6.07) is 17.7. The summed E-state index contributed by atoms with van der Waals surface area (Å²) >= 11 is 1.35. The van der Waals surface area contributed by atoms with E-state index in [9.17, 15) is 4.79 Å². The minimum Gasteiger partial charge on any atom is -0.485 e. The van der Waals surface area contributed by atoms with Crippen LogP contribution < -0.4 is 10.1 Å². The number of aromatic nitrogens is 3. The van der Waals surface area contributed by atoms with Crippen LogP contribution in [0.1, 0.15) is 31.7 Å². The monoisotopic (exact) mass is 468 g/mol. The van der Waals surface area contributed by atoms with Gasteiger partial charge in [-0.05, 0) is 43.0 Å². The molecule has 0 bridgehead atoms. The zero-order chi connectivity index (χ0) is 23.5. The quantitative estimate of drug-likeness (QED) is 0.295. The van der Waals surface area contributed by atoms with Crippen molar-refractivity contribution in [3.05, 3.63) is 66.0 Å². The number of rotatable bonds is 13. The van der Waals surface area contributed by atoms with Crippen molar-refractivity contribution < 1.29 is 14.3 Å². The number of amides is 1. The summed E-state index contributed by atoms with van der Waals surface area (Å²) in [5, 5.41) is 12.2. The smallest absolute Gasteiger partial charge is 0.230 e. The van der Waals surface area contributed by atoms with Crippen LogP contribution in [-0.4, -0.2) is 46.2 Å². The highest BCUT2D eigenvalue weighted by molar-refractivity contribution is 7.99. The molecule has 3 aromatic rings. The minimum atomic E-state index is -0.0622. The molecule has 33 heavy (non-hydrogen) atoms. The lowest BCUT2D eigenvalue weighted by molar-refractivity contribution is -0.118. The highest BCUT2D eigenvalue weighted by Crippen LogP contribution is 2.24. The zero-order valence-corrected chi connectivity index (χ0v) is 20.3. The van der Waals surface area contributed by atoms with Crippen molar-refractivity contribution in [3.8, 4) is 11.4 Å². The lowest BCUT2D eigenvalue weighted by Crippen LogP contribution is -2.29. The summed E-state index contributed by atoms with van der Waals surface area (Å²) < 4.78 is 13.5. The van der Waals surface area contributed by atoms with E-state index in [-0.39, 0.29) is 18.3 Å². The Hall–Kier alpha value is -2.84. The molecule has 0 aliphatic rings. The number of hydrogen-bond donors (Lipinski definition) is 1. The van der Waals surface area contributed by atoms with Crippen LogP contribution in [0.15, 0.2) is 59.8 Å². The summed E-state index contributed by atoms with van der Waals surface area (Å²) in [4.78, 5) is 12.3. The maximum absolute atomic E-state index is 12.3. The topological polar surface area (TPSA) is 78.3 Å². The van der Waals surface area contributed by atoms with Crippen LogP contribution in [0, 0.1) is 12.8 Å². The second-order valence-electron chi connectivity index (χ2n) is 8.06. The first-order valence-corrected chi connectivity index (χ1v) is 12.2. The van der Waals surface area contributed by atoms with Gasteiger partial charge in [0.25, 0.3) is 0 Å². The van der Waals surface area contributed by atoms with Crippen LogP contribution in [0.2, 0.25) is 0 Å². The van der Waals surface area contributed by atoms with Crippen LogP contribution in [0.3, 0.4) is 0 Å². The van der Waals surface area contributed by atoms with Gasteiger partial charge >= 0.3 is 0 Å². The molecular formula is C25H32N4O3S. The molecule has 8 heteroatoms. The maximum atomic E-state index is 12.3. The summed E-state index contributed by atoms with van der Waals surface area (Å²) in [5.41, 5.74) is 1.98. The number of thioether (sulfide) groups is 1. The van der Waals surface area contributed by atoms with Crippen molar-refractivity contribution in [2.75, 3.05) is 25.5 Å². The van der Waals surface area contributed by atoms with E-state index < -0.39 is 0 Å². The van der Waals surface area contributed by atoms with E-state index in [0.717, 1.165) is 30.0 Å². The Morgan fingerprint density at radius 3 is 2.58 bits per heavy atom. The van der Waals surface area contributed by atoms with Gasteiger partial charge in [-0.3, -0.25) is 9.36 Å². The van der Waals surface area contributed by atoms with Gasteiger partial charge in [0.2, 0.25) is 5.91 Å². The molecule has 1 heterocycles. The van der Waals surface area contributed by atoms with Gasteiger partial charge in [0.1, 0.15) is 12.4 Å². The molecular weight excluding hydrogens is 436 g/mol. The number of carbonyl (C=O) groups excluding carboxylic acids is 1. The van der Waals surface area contributed by atoms with E-state index in [1.807, 2.05) is 66.1 Å². The molecule has 0 aliphatic carbocycles. The van der Waals surface area contributed by atoms with Crippen LogP contribution >= 0.6 is 11.8 Å². The summed E-state index contributed by atoms with van der Waals surface area (Å²) in [5.74, 6) is 2.28. The van der Waals surface area contributed by atoms with E-state index in [2.05, 4.69) is 29.4 Å². The van der Waals surface area contributed by atoms with Gasteiger partial charge in [0, 0.05) is 18.8 Å². The molecule has 2 aromatic carbocycles. The first kappa shape index (κ1) is 24.8. The van der Waals surface area contributed by atoms with E-state index in [1.54, 1.807) is 0 Å². The number of ether oxygens (including phenoxy) is 2. The molecule has 0 saturated heterocycles. The number of nitrogens with zero attached hydrogens (tertiary/aromatic N) is 3. The van der Waals surface area contributed by atoms with E-state index in [4.69, 9.17) is 9.47 Å². The Labute approximate surface area is 199 Å². The van der Waals surface area contributed by atoms with E-state index in [1.165, 1.54) is 11.8 Å². The predicted octanol–water partition coefficient (Wildman–Crippen LogP) is 4.43. The number of benzene rings is 2. The minimum absolute atomic E-state index is 0.0622. The van der Waals surface area contributed by atoms with Crippen LogP contribution in [0.5, 0.6) is 5.75 Å². The second-order valence-corrected chi connectivity index (χ2v) is 9.00. The molecule has 1 N–H and O–H groups in total. The lowest BCUT2D eigenvalue weighted by Gasteiger charge is -2.12. The van der Waals surface area contributed by atoms with Gasteiger partial charge in [-0.1, -0.05) is 62.0 Å². The average molecular weight is 469 g/mol. The summed E-state index contributed by atoms with van der Waals surface area (Å²) in [6.45, 7) is 8.34. The first-order valence-electron chi connectivity index (χ1n) is 11.2. The molecule has 0 aliphatic heterocycles. The van der Waals surface area contributed by atoms with Gasteiger partial charge < -0.3 is 14.8 Å². The standard InChI is InChI=1S/C25H32N4O3S/c1-19(2)13-15-31-16-14-26-24(30)18-33-25-28-27-23(29(25)21-10-5-4-6-11-21)17-32-22-12-8-7-9-20(22)3/h4-12,19H,13-18H2,1-3H3,(H,26,30). The molecule has 3 rings (SSSR count). The van der Waals surface area contributed by atoms with Gasteiger partial charge in [0.05, 0.1) is 12.4 Å². The highest BCUT2D eigenvalue weighted by atomic mass is 32.2. The maximum Gasteiger partial charge on any atom is 0.230 e. The predicted molar refractivity (Wildman–Crippen MR) is 131 cm³/mol. The Morgan fingerprint density at radius 2 is 1.82 bits per heavy atom.